The fourth-order valence-corrected chi connectivity index (χ4v) is 2.78. The summed E-state index contributed by atoms with van der Waals surface area (Å²) in [4.78, 5) is 0. The number of hydrogen-bond acceptors (Lipinski definition) is 2. The third kappa shape index (κ3) is 3.68. The molecule has 0 unspecified atom stereocenters. The van der Waals surface area contributed by atoms with Crippen molar-refractivity contribution in [2.45, 2.75) is 32.3 Å². The Labute approximate surface area is 119 Å². The Balaban J connectivity index is 2.22. The van der Waals surface area contributed by atoms with Crippen LogP contribution in [0.5, 0.6) is 0 Å². The highest BCUT2D eigenvalue weighted by Gasteiger charge is 2.28. The summed E-state index contributed by atoms with van der Waals surface area (Å²) in [5.41, 5.74) is 0.592. The number of rotatable bonds is 5. The molecule has 2 atom stereocenters. The standard InChI is InChI=1S/C15H21ClFNO/c1-2-9-19-15(11-5-4-8-18-10-11)12-6-3-7-13(16)14(12)17/h3,6-7,11,15,18H,2,4-5,8-10H2,1H3/t11-,15-/m1/s1. The minimum absolute atomic E-state index is 0.173. The summed E-state index contributed by atoms with van der Waals surface area (Å²) in [6, 6.07) is 5.16. The molecule has 1 fully saturated rings. The number of halogens is 2. The van der Waals surface area contributed by atoms with Crippen molar-refractivity contribution in [2.24, 2.45) is 5.92 Å². The predicted molar refractivity (Wildman–Crippen MR) is 76.0 cm³/mol. The van der Waals surface area contributed by atoms with Gasteiger partial charge >= 0.3 is 0 Å². The fraction of sp³-hybridized carbons (Fsp3) is 0.600. The molecule has 0 bridgehead atoms. The topological polar surface area (TPSA) is 21.3 Å². The molecule has 1 aromatic carbocycles. The van der Waals surface area contributed by atoms with Gasteiger partial charge in [0.2, 0.25) is 0 Å². The van der Waals surface area contributed by atoms with E-state index in [1.54, 1.807) is 18.2 Å². The number of benzene rings is 1. The normalized spacial score (nSPS) is 21.3. The SMILES string of the molecule is CCCO[C@@H](c1cccc(Cl)c1F)[C@@H]1CCCNC1. The highest BCUT2D eigenvalue weighted by molar-refractivity contribution is 6.30. The summed E-state index contributed by atoms with van der Waals surface area (Å²) in [7, 11) is 0. The molecular weight excluding hydrogens is 265 g/mol. The molecule has 0 aliphatic carbocycles. The summed E-state index contributed by atoms with van der Waals surface area (Å²) < 4.78 is 20.1. The van der Waals surface area contributed by atoms with E-state index in [0.29, 0.717) is 18.1 Å². The van der Waals surface area contributed by atoms with Gasteiger partial charge in [-0.15, -0.1) is 0 Å². The monoisotopic (exact) mass is 285 g/mol. The summed E-state index contributed by atoms with van der Waals surface area (Å²) in [5.74, 6) is -0.0240. The Kier molecular flexibility index (Phi) is 5.61. The highest BCUT2D eigenvalue weighted by atomic mass is 35.5. The second-order valence-corrected chi connectivity index (χ2v) is 5.45. The lowest BCUT2D eigenvalue weighted by atomic mass is 9.89. The van der Waals surface area contributed by atoms with Gasteiger partial charge in [0.25, 0.3) is 0 Å². The first-order valence-electron chi connectivity index (χ1n) is 7.00. The molecule has 0 saturated carbocycles. The van der Waals surface area contributed by atoms with E-state index in [4.69, 9.17) is 16.3 Å². The summed E-state index contributed by atoms with van der Waals surface area (Å²) in [6.07, 6.45) is 2.90. The summed E-state index contributed by atoms with van der Waals surface area (Å²) >= 11 is 5.88. The van der Waals surface area contributed by atoms with Gasteiger partial charge in [-0.3, -0.25) is 0 Å². The van der Waals surface area contributed by atoms with Crippen LogP contribution in [0.15, 0.2) is 18.2 Å². The Hall–Kier alpha value is -0.640. The molecule has 1 aliphatic rings. The third-order valence-electron chi connectivity index (χ3n) is 3.55. The van der Waals surface area contributed by atoms with Crippen molar-refractivity contribution in [1.29, 1.82) is 0 Å². The number of ether oxygens (including phenoxy) is 1. The second kappa shape index (κ2) is 7.22. The first kappa shape index (κ1) is 14.8. The Bertz CT molecular complexity index is 407. The van der Waals surface area contributed by atoms with Crippen LogP contribution in [0.4, 0.5) is 4.39 Å². The Morgan fingerprint density at radius 3 is 3.05 bits per heavy atom. The molecule has 1 aliphatic heterocycles. The Morgan fingerprint density at radius 1 is 1.53 bits per heavy atom. The van der Waals surface area contributed by atoms with Crippen molar-refractivity contribution < 1.29 is 9.13 Å². The number of nitrogens with one attached hydrogen (secondary N) is 1. The fourth-order valence-electron chi connectivity index (χ4n) is 2.60. The van der Waals surface area contributed by atoms with Crippen LogP contribution in [-0.4, -0.2) is 19.7 Å². The van der Waals surface area contributed by atoms with Crippen molar-refractivity contribution in [3.8, 4) is 0 Å². The van der Waals surface area contributed by atoms with E-state index in [0.717, 1.165) is 32.4 Å². The van der Waals surface area contributed by atoms with E-state index in [2.05, 4.69) is 12.2 Å². The summed E-state index contributed by atoms with van der Waals surface area (Å²) in [6.45, 7) is 4.62. The number of hydrogen-bond donors (Lipinski definition) is 1. The lowest BCUT2D eigenvalue weighted by Crippen LogP contribution is -2.34. The highest BCUT2D eigenvalue weighted by Crippen LogP contribution is 2.34. The molecule has 1 saturated heterocycles. The molecule has 0 radical (unpaired) electrons. The lowest BCUT2D eigenvalue weighted by molar-refractivity contribution is 0.00112. The van der Waals surface area contributed by atoms with Gasteiger partial charge in [0.1, 0.15) is 5.82 Å². The molecule has 0 aromatic heterocycles. The van der Waals surface area contributed by atoms with Crippen molar-refractivity contribution in [1.82, 2.24) is 5.32 Å². The molecule has 1 aromatic rings. The zero-order chi connectivity index (χ0) is 13.7. The molecule has 2 rings (SSSR count). The zero-order valence-corrected chi connectivity index (χ0v) is 12.0. The van der Waals surface area contributed by atoms with Gasteiger partial charge in [-0.05, 0) is 31.9 Å². The maximum absolute atomic E-state index is 14.2. The second-order valence-electron chi connectivity index (χ2n) is 5.04. The van der Waals surface area contributed by atoms with Crippen LogP contribution in [0.3, 0.4) is 0 Å². The van der Waals surface area contributed by atoms with Crippen molar-refractivity contribution >= 4 is 11.6 Å². The van der Waals surface area contributed by atoms with E-state index in [1.165, 1.54) is 0 Å². The van der Waals surface area contributed by atoms with Crippen molar-refractivity contribution in [3.05, 3.63) is 34.6 Å². The molecule has 1 heterocycles. The van der Waals surface area contributed by atoms with Crippen LogP contribution in [0.2, 0.25) is 5.02 Å². The molecule has 2 nitrogen and oxygen atoms in total. The van der Waals surface area contributed by atoms with Crippen LogP contribution in [-0.2, 0) is 4.74 Å². The zero-order valence-electron chi connectivity index (χ0n) is 11.3. The van der Waals surface area contributed by atoms with Crippen LogP contribution in [0, 0.1) is 11.7 Å². The predicted octanol–water partition coefficient (Wildman–Crippen LogP) is 3.95. The minimum atomic E-state index is -0.337. The smallest absolute Gasteiger partial charge is 0.147 e. The van der Waals surface area contributed by atoms with Gasteiger partial charge < -0.3 is 10.1 Å². The Morgan fingerprint density at radius 2 is 2.37 bits per heavy atom. The van der Waals surface area contributed by atoms with Gasteiger partial charge in [0.15, 0.2) is 0 Å². The van der Waals surface area contributed by atoms with E-state index in [-0.39, 0.29) is 16.9 Å². The maximum Gasteiger partial charge on any atom is 0.147 e. The molecule has 0 spiro atoms. The molecular formula is C15H21ClFNO. The van der Waals surface area contributed by atoms with Gasteiger partial charge in [-0.2, -0.15) is 0 Å². The average Bonchev–Trinajstić information content (AvgIpc) is 2.45. The largest absolute Gasteiger partial charge is 0.373 e. The van der Waals surface area contributed by atoms with E-state index in [9.17, 15) is 4.39 Å². The van der Waals surface area contributed by atoms with Gasteiger partial charge in [-0.25, -0.2) is 4.39 Å². The van der Waals surface area contributed by atoms with Crippen LogP contribution >= 0.6 is 11.6 Å². The molecule has 1 N–H and O–H groups in total. The van der Waals surface area contributed by atoms with Crippen LogP contribution < -0.4 is 5.32 Å². The van der Waals surface area contributed by atoms with Gasteiger partial charge in [-0.1, -0.05) is 30.7 Å². The van der Waals surface area contributed by atoms with Crippen LogP contribution in [0.1, 0.15) is 37.9 Å². The quantitative estimate of drug-likeness (QED) is 0.884. The first-order valence-corrected chi connectivity index (χ1v) is 7.38. The first-order chi connectivity index (χ1) is 9.24. The minimum Gasteiger partial charge on any atom is -0.373 e. The maximum atomic E-state index is 14.2. The summed E-state index contributed by atoms with van der Waals surface area (Å²) in [5, 5.41) is 3.53. The molecule has 4 heteroatoms. The van der Waals surface area contributed by atoms with Gasteiger partial charge in [0, 0.05) is 24.6 Å². The van der Waals surface area contributed by atoms with Gasteiger partial charge in [0.05, 0.1) is 11.1 Å². The third-order valence-corrected chi connectivity index (χ3v) is 3.84. The molecule has 106 valence electrons. The number of piperidine rings is 1. The van der Waals surface area contributed by atoms with E-state index in [1.807, 2.05) is 0 Å². The molecule has 19 heavy (non-hydrogen) atoms. The molecule has 0 amide bonds. The lowest BCUT2D eigenvalue weighted by Gasteiger charge is -2.31. The van der Waals surface area contributed by atoms with Crippen molar-refractivity contribution in [3.63, 3.8) is 0 Å². The average molecular weight is 286 g/mol. The van der Waals surface area contributed by atoms with Crippen LogP contribution in [0.25, 0.3) is 0 Å². The van der Waals surface area contributed by atoms with Crippen molar-refractivity contribution in [2.75, 3.05) is 19.7 Å². The van der Waals surface area contributed by atoms with E-state index < -0.39 is 0 Å². The van der Waals surface area contributed by atoms with E-state index >= 15 is 0 Å².